The number of nitrogens with zero attached hydrogens (tertiary/aromatic N) is 1. The molecule has 0 bridgehead atoms. The van der Waals surface area contributed by atoms with Crippen LogP contribution in [0.15, 0.2) is 18.2 Å². The molecule has 1 N–H and O–H groups in total. The third-order valence-electron chi connectivity index (χ3n) is 2.84. The summed E-state index contributed by atoms with van der Waals surface area (Å²) < 4.78 is 5.02. The van der Waals surface area contributed by atoms with Crippen molar-refractivity contribution < 1.29 is 9.84 Å². The molecule has 3 heteroatoms. The summed E-state index contributed by atoms with van der Waals surface area (Å²) in [6, 6.07) is 5.58. The van der Waals surface area contributed by atoms with Gasteiger partial charge in [0.15, 0.2) is 11.5 Å². The van der Waals surface area contributed by atoms with Crippen LogP contribution >= 0.6 is 0 Å². The molecule has 0 heterocycles. The summed E-state index contributed by atoms with van der Waals surface area (Å²) in [7, 11) is 3.67. The summed E-state index contributed by atoms with van der Waals surface area (Å²) in [5.41, 5.74) is 1.11. The number of methoxy groups -OCH3 is 1. The van der Waals surface area contributed by atoms with Crippen LogP contribution in [0.1, 0.15) is 31.7 Å². The minimum atomic E-state index is 0.215. The largest absolute Gasteiger partial charge is 0.504 e. The summed E-state index contributed by atoms with van der Waals surface area (Å²) in [4.78, 5) is 2.27. The topological polar surface area (TPSA) is 32.7 Å². The normalized spacial score (nSPS) is 10.8. The van der Waals surface area contributed by atoms with Gasteiger partial charge in [0.25, 0.3) is 0 Å². The van der Waals surface area contributed by atoms with Gasteiger partial charge in [-0.2, -0.15) is 0 Å². The lowest BCUT2D eigenvalue weighted by Gasteiger charge is -2.16. The van der Waals surface area contributed by atoms with Crippen LogP contribution in [0, 0.1) is 0 Å². The first kappa shape index (κ1) is 13.8. The lowest BCUT2D eigenvalue weighted by molar-refractivity contribution is 0.316. The smallest absolute Gasteiger partial charge is 0.160 e. The van der Waals surface area contributed by atoms with Crippen molar-refractivity contribution in [2.24, 2.45) is 0 Å². The van der Waals surface area contributed by atoms with Crippen molar-refractivity contribution in [3.63, 3.8) is 0 Å². The molecule has 0 spiro atoms. The van der Waals surface area contributed by atoms with E-state index in [-0.39, 0.29) is 5.75 Å². The van der Waals surface area contributed by atoms with E-state index < -0.39 is 0 Å². The predicted octanol–water partition coefficient (Wildman–Crippen LogP) is 3.02. The van der Waals surface area contributed by atoms with Crippen LogP contribution in [-0.4, -0.2) is 30.7 Å². The second kappa shape index (κ2) is 7.17. The summed E-state index contributed by atoms with van der Waals surface area (Å²) in [5.74, 6) is 0.745. The number of unbranched alkanes of at least 4 members (excludes halogenated alkanes) is 2. The van der Waals surface area contributed by atoms with Gasteiger partial charge in [0.1, 0.15) is 0 Å². The molecule has 0 aliphatic heterocycles. The average Bonchev–Trinajstić information content (AvgIpc) is 2.29. The Kier molecular flexibility index (Phi) is 5.84. The van der Waals surface area contributed by atoms with Crippen molar-refractivity contribution in [1.29, 1.82) is 0 Å². The van der Waals surface area contributed by atoms with Gasteiger partial charge >= 0.3 is 0 Å². The van der Waals surface area contributed by atoms with E-state index in [1.165, 1.54) is 19.3 Å². The number of benzene rings is 1. The van der Waals surface area contributed by atoms with Gasteiger partial charge in [0.05, 0.1) is 7.11 Å². The molecule has 17 heavy (non-hydrogen) atoms. The summed E-state index contributed by atoms with van der Waals surface area (Å²) >= 11 is 0. The van der Waals surface area contributed by atoms with Crippen molar-refractivity contribution in [3.05, 3.63) is 23.8 Å². The fourth-order valence-electron chi connectivity index (χ4n) is 1.86. The van der Waals surface area contributed by atoms with Gasteiger partial charge in [-0.1, -0.05) is 25.8 Å². The predicted molar refractivity (Wildman–Crippen MR) is 70.5 cm³/mol. The molecule has 0 aliphatic carbocycles. The number of phenolic OH excluding ortho intramolecular Hbond substituents is 1. The molecule has 0 aromatic heterocycles. The van der Waals surface area contributed by atoms with Gasteiger partial charge in [0.2, 0.25) is 0 Å². The highest BCUT2D eigenvalue weighted by Crippen LogP contribution is 2.26. The van der Waals surface area contributed by atoms with E-state index in [9.17, 15) is 5.11 Å². The third kappa shape index (κ3) is 4.65. The maximum absolute atomic E-state index is 9.67. The van der Waals surface area contributed by atoms with E-state index in [0.29, 0.717) is 5.75 Å². The number of hydrogen-bond donors (Lipinski definition) is 1. The fraction of sp³-hybridized carbons (Fsp3) is 0.571. The highest BCUT2D eigenvalue weighted by Gasteiger charge is 2.04. The molecule has 1 rings (SSSR count). The Labute approximate surface area is 104 Å². The maximum atomic E-state index is 9.67. The minimum Gasteiger partial charge on any atom is -0.504 e. The standard InChI is InChI=1S/C14H23NO2/c1-4-5-6-9-15(2)11-12-7-8-14(17-3)13(16)10-12/h7-8,10,16H,4-6,9,11H2,1-3H3. The fourth-order valence-corrected chi connectivity index (χ4v) is 1.86. The Hall–Kier alpha value is -1.22. The highest BCUT2D eigenvalue weighted by molar-refractivity contribution is 5.41. The van der Waals surface area contributed by atoms with Crippen LogP contribution in [0.3, 0.4) is 0 Å². The van der Waals surface area contributed by atoms with Gasteiger partial charge in [-0.3, -0.25) is 0 Å². The molecule has 1 aromatic rings. The van der Waals surface area contributed by atoms with E-state index in [2.05, 4.69) is 18.9 Å². The summed E-state index contributed by atoms with van der Waals surface area (Å²) in [6.07, 6.45) is 3.75. The number of aromatic hydroxyl groups is 1. The number of ether oxygens (including phenoxy) is 1. The van der Waals surface area contributed by atoms with Crippen LogP contribution in [0.4, 0.5) is 0 Å². The summed E-state index contributed by atoms with van der Waals surface area (Å²) in [5, 5.41) is 9.67. The van der Waals surface area contributed by atoms with Crippen molar-refractivity contribution in [3.8, 4) is 11.5 Å². The quantitative estimate of drug-likeness (QED) is 0.740. The first-order chi connectivity index (χ1) is 8.17. The van der Waals surface area contributed by atoms with Gasteiger partial charge in [0, 0.05) is 6.54 Å². The van der Waals surface area contributed by atoms with E-state index in [4.69, 9.17) is 4.74 Å². The molecule has 0 unspecified atom stereocenters. The number of rotatable bonds is 7. The molecule has 0 radical (unpaired) electrons. The third-order valence-corrected chi connectivity index (χ3v) is 2.84. The van der Waals surface area contributed by atoms with E-state index >= 15 is 0 Å². The van der Waals surface area contributed by atoms with E-state index in [1.54, 1.807) is 13.2 Å². The first-order valence-electron chi connectivity index (χ1n) is 6.21. The molecule has 0 atom stereocenters. The van der Waals surface area contributed by atoms with Gasteiger partial charge in [-0.05, 0) is 37.7 Å². The van der Waals surface area contributed by atoms with Crippen molar-refractivity contribution in [2.45, 2.75) is 32.7 Å². The van der Waals surface area contributed by atoms with E-state index in [1.807, 2.05) is 12.1 Å². The Morgan fingerprint density at radius 3 is 2.65 bits per heavy atom. The van der Waals surface area contributed by atoms with Crippen LogP contribution in [-0.2, 0) is 6.54 Å². The van der Waals surface area contributed by atoms with Crippen LogP contribution in [0.25, 0.3) is 0 Å². The lowest BCUT2D eigenvalue weighted by Crippen LogP contribution is -2.18. The maximum Gasteiger partial charge on any atom is 0.160 e. The molecular formula is C14H23NO2. The zero-order chi connectivity index (χ0) is 12.7. The second-order valence-electron chi connectivity index (χ2n) is 4.45. The Morgan fingerprint density at radius 1 is 1.29 bits per heavy atom. The second-order valence-corrected chi connectivity index (χ2v) is 4.45. The SMILES string of the molecule is CCCCCN(C)Cc1ccc(OC)c(O)c1. The molecule has 0 amide bonds. The molecule has 0 saturated carbocycles. The van der Waals surface area contributed by atoms with Gasteiger partial charge in [-0.25, -0.2) is 0 Å². The summed E-state index contributed by atoms with van der Waals surface area (Å²) in [6.45, 7) is 4.17. The van der Waals surface area contributed by atoms with Crippen LogP contribution < -0.4 is 4.74 Å². The Balaban J connectivity index is 2.48. The minimum absolute atomic E-state index is 0.215. The van der Waals surface area contributed by atoms with Crippen molar-refractivity contribution in [1.82, 2.24) is 4.90 Å². The molecule has 1 aromatic carbocycles. The van der Waals surface area contributed by atoms with Gasteiger partial charge in [-0.15, -0.1) is 0 Å². The number of hydrogen-bond acceptors (Lipinski definition) is 3. The van der Waals surface area contributed by atoms with E-state index in [0.717, 1.165) is 18.7 Å². The molecule has 0 saturated heterocycles. The van der Waals surface area contributed by atoms with Crippen molar-refractivity contribution >= 4 is 0 Å². The molecular weight excluding hydrogens is 214 g/mol. The van der Waals surface area contributed by atoms with Gasteiger partial charge < -0.3 is 14.7 Å². The lowest BCUT2D eigenvalue weighted by atomic mass is 10.2. The zero-order valence-electron chi connectivity index (χ0n) is 11.1. The molecule has 96 valence electrons. The monoisotopic (exact) mass is 237 g/mol. The van der Waals surface area contributed by atoms with Crippen LogP contribution in [0.5, 0.6) is 11.5 Å². The Bertz CT molecular complexity index is 339. The zero-order valence-corrected chi connectivity index (χ0v) is 11.1. The molecule has 3 nitrogen and oxygen atoms in total. The Morgan fingerprint density at radius 2 is 2.06 bits per heavy atom. The van der Waals surface area contributed by atoms with Crippen LogP contribution in [0.2, 0.25) is 0 Å². The average molecular weight is 237 g/mol. The number of phenols is 1. The highest BCUT2D eigenvalue weighted by atomic mass is 16.5. The first-order valence-corrected chi connectivity index (χ1v) is 6.21. The molecule has 0 aliphatic rings. The molecule has 0 fully saturated rings. The van der Waals surface area contributed by atoms with Crippen molar-refractivity contribution in [2.75, 3.05) is 20.7 Å².